The van der Waals surface area contributed by atoms with Gasteiger partial charge in [-0.2, -0.15) is 0 Å². The van der Waals surface area contributed by atoms with Gasteiger partial charge in [0.15, 0.2) is 0 Å². The Hall–Kier alpha value is -1.13. The Morgan fingerprint density at radius 2 is 1.83 bits per heavy atom. The lowest BCUT2D eigenvalue weighted by Crippen LogP contribution is -2.11. The molecule has 2 nitrogen and oxygen atoms in total. The summed E-state index contributed by atoms with van der Waals surface area (Å²) in [5.74, 6) is -0.103. The number of hydrogen-bond acceptors (Lipinski definition) is 1. The number of halogens is 2. The fourth-order valence-corrected chi connectivity index (χ4v) is 2.15. The first-order chi connectivity index (χ1) is 8.69. The summed E-state index contributed by atoms with van der Waals surface area (Å²) in [6.45, 7) is 0. The van der Waals surface area contributed by atoms with Crippen LogP contribution in [0.2, 0.25) is 0 Å². The van der Waals surface area contributed by atoms with Gasteiger partial charge in [-0.1, -0.05) is 44.0 Å². The highest BCUT2D eigenvalue weighted by atomic mass is 79.9. The zero-order chi connectivity index (χ0) is 13.0. The summed E-state index contributed by atoms with van der Waals surface area (Å²) in [6, 6.07) is 15.0. The van der Waals surface area contributed by atoms with Crippen molar-refractivity contribution in [2.24, 2.45) is 0 Å². The number of benzene rings is 2. The molecule has 0 aliphatic carbocycles. The van der Waals surface area contributed by atoms with Crippen LogP contribution in [0, 0.1) is 0 Å². The zero-order valence-corrected chi connectivity index (χ0v) is 12.7. The van der Waals surface area contributed by atoms with E-state index in [4.69, 9.17) is 0 Å². The Balaban J connectivity index is 2.13. The van der Waals surface area contributed by atoms with Crippen LogP contribution in [0.1, 0.15) is 15.9 Å². The van der Waals surface area contributed by atoms with Crippen LogP contribution in [0.4, 0.5) is 5.69 Å². The molecule has 0 saturated heterocycles. The molecule has 0 aliphatic heterocycles. The van der Waals surface area contributed by atoms with E-state index in [1.165, 1.54) is 0 Å². The third-order valence-electron chi connectivity index (χ3n) is 2.45. The minimum Gasteiger partial charge on any atom is -0.322 e. The minimum atomic E-state index is -0.103. The molecule has 0 bridgehead atoms. The fourth-order valence-electron chi connectivity index (χ4n) is 1.54. The molecule has 1 amide bonds. The molecule has 0 unspecified atom stereocenters. The largest absolute Gasteiger partial charge is 0.322 e. The lowest BCUT2D eigenvalue weighted by molar-refractivity contribution is 0.102. The summed E-state index contributed by atoms with van der Waals surface area (Å²) in [4.78, 5) is 12.0. The average molecular weight is 369 g/mol. The lowest BCUT2D eigenvalue weighted by Gasteiger charge is -2.06. The smallest absolute Gasteiger partial charge is 0.255 e. The molecule has 2 rings (SSSR count). The molecular weight excluding hydrogens is 358 g/mol. The van der Waals surface area contributed by atoms with Crippen LogP contribution in [0.3, 0.4) is 0 Å². The van der Waals surface area contributed by atoms with Crippen LogP contribution in [-0.4, -0.2) is 5.91 Å². The van der Waals surface area contributed by atoms with Crippen molar-refractivity contribution in [3.05, 3.63) is 64.1 Å². The number of carbonyl (C=O) groups is 1. The van der Waals surface area contributed by atoms with Gasteiger partial charge in [-0.05, 0) is 42.0 Å². The van der Waals surface area contributed by atoms with Gasteiger partial charge in [0.25, 0.3) is 5.91 Å². The van der Waals surface area contributed by atoms with Gasteiger partial charge in [-0.3, -0.25) is 4.79 Å². The number of carbonyl (C=O) groups excluding carboxylic acids is 1. The van der Waals surface area contributed by atoms with Crippen LogP contribution >= 0.6 is 31.9 Å². The molecule has 0 aliphatic rings. The second-order valence-electron chi connectivity index (χ2n) is 3.80. The highest BCUT2D eigenvalue weighted by Crippen LogP contribution is 2.15. The molecule has 0 saturated carbocycles. The van der Waals surface area contributed by atoms with Crippen molar-refractivity contribution in [1.29, 1.82) is 0 Å². The standard InChI is InChI=1S/C14H11Br2NO/c15-9-10-2-1-3-13(8-10)17-14(18)11-4-6-12(16)7-5-11/h1-8H,9H2,(H,17,18). The Kier molecular flexibility index (Phi) is 4.55. The van der Waals surface area contributed by atoms with Gasteiger partial charge in [0.1, 0.15) is 0 Å². The van der Waals surface area contributed by atoms with Crippen molar-refractivity contribution < 1.29 is 4.79 Å². The molecule has 2 aromatic carbocycles. The quantitative estimate of drug-likeness (QED) is 0.788. The first kappa shape index (κ1) is 13.3. The molecule has 1 N–H and O–H groups in total. The van der Waals surface area contributed by atoms with Crippen molar-refractivity contribution >= 4 is 43.5 Å². The third-order valence-corrected chi connectivity index (χ3v) is 3.62. The van der Waals surface area contributed by atoms with Crippen molar-refractivity contribution in [1.82, 2.24) is 0 Å². The van der Waals surface area contributed by atoms with E-state index in [1.54, 1.807) is 12.1 Å². The summed E-state index contributed by atoms with van der Waals surface area (Å²) in [5.41, 5.74) is 2.57. The van der Waals surface area contributed by atoms with Gasteiger partial charge in [0.2, 0.25) is 0 Å². The van der Waals surface area contributed by atoms with Crippen molar-refractivity contribution in [2.75, 3.05) is 5.32 Å². The number of anilines is 1. The van der Waals surface area contributed by atoms with Crippen LogP contribution in [0.5, 0.6) is 0 Å². The fraction of sp³-hybridized carbons (Fsp3) is 0.0714. The molecule has 0 aromatic heterocycles. The molecule has 92 valence electrons. The highest BCUT2D eigenvalue weighted by Gasteiger charge is 2.05. The van der Waals surface area contributed by atoms with Crippen LogP contribution in [-0.2, 0) is 5.33 Å². The highest BCUT2D eigenvalue weighted by molar-refractivity contribution is 9.10. The Labute approximate surface area is 123 Å². The number of rotatable bonds is 3. The van der Waals surface area contributed by atoms with Crippen LogP contribution < -0.4 is 5.32 Å². The summed E-state index contributed by atoms with van der Waals surface area (Å²) < 4.78 is 0.959. The van der Waals surface area contributed by atoms with Crippen LogP contribution in [0.15, 0.2) is 53.0 Å². The Bertz CT molecular complexity index is 552. The van der Waals surface area contributed by atoms with E-state index in [1.807, 2.05) is 36.4 Å². The third kappa shape index (κ3) is 3.43. The first-order valence-electron chi connectivity index (χ1n) is 5.41. The topological polar surface area (TPSA) is 29.1 Å². The van der Waals surface area contributed by atoms with Gasteiger partial charge in [0.05, 0.1) is 0 Å². The number of hydrogen-bond donors (Lipinski definition) is 1. The van der Waals surface area contributed by atoms with Gasteiger partial charge in [0, 0.05) is 21.1 Å². The summed E-state index contributed by atoms with van der Waals surface area (Å²) in [6.07, 6.45) is 0. The maximum atomic E-state index is 12.0. The van der Waals surface area contributed by atoms with Crippen molar-refractivity contribution in [3.8, 4) is 0 Å². The number of alkyl halides is 1. The van der Waals surface area contributed by atoms with Gasteiger partial charge < -0.3 is 5.32 Å². The van der Waals surface area contributed by atoms with Gasteiger partial charge in [-0.25, -0.2) is 0 Å². The van der Waals surface area contributed by atoms with E-state index in [2.05, 4.69) is 37.2 Å². The second kappa shape index (κ2) is 6.16. The lowest BCUT2D eigenvalue weighted by atomic mass is 10.2. The Morgan fingerprint density at radius 3 is 2.50 bits per heavy atom. The normalized spacial score (nSPS) is 10.1. The second-order valence-corrected chi connectivity index (χ2v) is 5.27. The molecule has 0 heterocycles. The maximum absolute atomic E-state index is 12.0. The molecule has 18 heavy (non-hydrogen) atoms. The van der Waals surface area contributed by atoms with Crippen molar-refractivity contribution in [3.63, 3.8) is 0 Å². The molecular formula is C14H11Br2NO. The molecule has 2 aromatic rings. The van der Waals surface area contributed by atoms with E-state index in [0.717, 1.165) is 21.1 Å². The predicted molar refractivity (Wildman–Crippen MR) is 81.2 cm³/mol. The molecule has 0 fully saturated rings. The molecule has 0 atom stereocenters. The van der Waals surface area contributed by atoms with Crippen molar-refractivity contribution in [2.45, 2.75) is 5.33 Å². The monoisotopic (exact) mass is 367 g/mol. The van der Waals surface area contributed by atoms with Gasteiger partial charge >= 0.3 is 0 Å². The molecule has 0 radical (unpaired) electrons. The number of nitrogens with one attached hydrogen (secondary N) is 1. The van der Waals surface area contributed by atoms with Gasteiger partial charge in [-0.15, -0.1) is 0 Å². The molecule has 0 spiro atoms. The summed E-state index contributed by atoms with van der Waals surface area (Å²) in [5, 5.41) is 3.65. The van der Waals surface area contributed by atoms with Crippen LogP contribution in [0.25, 0.3) is 0 Å². The average Bonchev–Trinajstić information content (AvgIpc) is 2.39. The SMILES string of the molecule is O=C(Nc1cccc(CBr)c1)c1ccc(Br)cc1. The Morgan fingerprint density at radius 1 is 1.11 bits per heavy atom. The number of amides is 1. The maximum Gasteiger partial charge on any atom is 0.255 e. The van der Waals surface area contributed by atoms with E-state index in [0.29, 0.717) is 5.56 Å². The summed E-state index contributed by atoms with van der Waals surface area (Å²) >= 11 is 6.74. The minimum absolute atomic E-state index is 0.103. The molecule has 4 heteroatoms. The van der Waals surface area contributed by atoms with E-state index in [-0.39, 0.29) is 5.91 Å². The summed E-state index contributed by atoms with van der Waals surface area (Å²) in [7, 11) is 0. The van der Waals surface area contributed by atoms with E-state index in [9.17, 15) is 4.79 Å². The van der Waals surface area contributed by atoms with E-state index < -0.39 is 0 Å². The predicted octanol–water partition coefficient (Wildman–Crippen LogP) is 4.60. The zero-order valence-electron chi connectivity index (χ0n) is 9.49. The first-order valence-corrected chi connectivity index (χ1v) is 7.32. The van der Waals surface area contributed by atoms with E-state index >= 15 is 0 Å².